The predicted octanol–water partition coefficient (Wildman–Crippen LogP) is 8.55. The minimum Gasteiger partial charge on any atom is -0.456 e. The van der Waals surface area contributed by atoms with Crippen molar-refractivity contribution < 1.29 is 4.42 Å². The molecule has 2 heterocycles. The van der Waals surface area contributed by atoms with Crippen molar-refractivity contribution in [2.24, 2.45) is 10.9 Å². The first-order valence-electron chi connectivity index (χ1n) is 12.0. The van der Waals surface area contributed by atoms with Gasteiger partial charge in [0.05, 0.1) is 5.71 Å². The lowest BCUT2D eigenvalue weighted by molar-refractivity contribution is 0.669. The summed E-state index contributed by atoms with van der Waals surface area (Å²) in [5.41, 5.74) is 7.29. The molecule has 0 radical (unpaired) electrons. The molecule has 0 fully saturated rings. The van der Waals surface area contributed by atoms with E-state index in [2.05, 4.69) is 70.6 Å². The smallest absolute Gasteiger partial charge is 0.136 e. The van der Waals surface area contributed by atoms with Crippen molar-refractivity contribution in [3.63, 3.8) is 0 Å². The number of benzene rings is 4. The number of rotatable bonds is 5. The molecule has 0 bridgehead atoms. The molecule has 176 valence electrons. The van der Waals surface area contributed by atoms with Crippen molar-refractivity contribution in [1.29, 1.82) is 5.41 Å². The van der Waals surface area contributed by atoms with E-state index in [-0.39, 0.29) is 5.92 Å². The fraction of sp³-hybridized carbons (Fsp3) is 0.0968. The third kappa shape index (κ3) is 4.16. The van der Waals surface area contributed by atoms with Gasteiger partial charge < -0.3 is 15.1 Å². The second kappa shape index (κ2) is 9.25. The third-order valence-corrected chi connectivity index (χ3v) is 7.12. The Labute approximate surface area is 218 Å². The van der Waals surface area contributed by atoms with Crippen LogP contribution in [-0.2, 0) is 0 Å². The maximum Gasteiger partial charge on any atom is 0.136 e. The lowest BCUT2D eigenvalue weighted by Crippen LogP contribution is -2.16. The van der Waals surface area contributed by atoms with Gasteiger partial charge in [-0.15, -0.1) is 0 Å². The summed E-state index contributed by atoms with van der Waals surface area (Å²) in [6.45, 7) is 2.08. The van der Waals surface area contributed by atoms with Gasteiger partial charge in [-0.1, -0.05) is 77.5 Å². The minimum absolute atomic E-state index is 0.0521. The van der Waals surface area contributed by atoms with E-state index in [1.165, 1.54) is 0 Å². The number of nitrogens with zero attached hydrogens (tertiary/aromatic N) is 1. The van der Waals surface area contributed by atoms with Crippen molar-refractivity contribution in [2.45, 2.75) is 13.3 Å². The van der Waals surface area contributed by atoms with Crippen LogP contribution in [0.4, 0.5) is 5.69 Å². The molecule has 1 aliphatic rings. The van der Waals surface area contributed by atoms with Gasteiger partial charge in [0.1, 0.15) is 17.0 Å². The Hall–Kier alpha value is -3.96. The van der Waals surface area contributed by atoms with Crippen molar-refractivity contribution >= 4 is 55.0 Å². The van der Waals surface area contributed by atoms with Crippen molar-refractivity contribution in [3.8, 4) is 0 Å². The molecule has 0 saturated carbocycles. The number of furan rings is 1. The molecule has 1 atom stereocenters. The first-order chi connectivity index (χ1) is 17.6. The van der Waals surface area contributed by atoms with Crippen LogP contribution in [0.2, 0.25) is 0 Å². The summed E-state index contributed by atoms with van der Waals surface area (Å²) in [4.78, 5) is 5.02. The fourth-order valence-corrected chi connectivity index (χ4v) is 5.08. The molecule has 6 rings (SSSR count). The van der Waals surface area contributed by atoms with E-state index in [4.69, 9.17) is 14.8 Å². The number of fused-ring (bicyclic) bond motifs is 4. The number of para-hydroxylation sites is 2. The van der Waals surface area contributed by atoms with Gasteiger partial charge in [0, 0.05) is 43.7 Å². The minimum atomic E-state index is 0.0521. The van der Waals surface area contributed by atoms with Crippen LogP contribution in [0.25, 0.3) is 21.9 Å². The fourth-order valence-electron chi connectivity index (χ4n) is 4.68. The summed E-state index contributed by atoms with van der Waals surface area (Å²) >= 11 is 3.51. The van der Waals surface area contributed by atoms with Gasteiger partial charge in [-0.25, -0.2) is 4.99 Å². The molecular weight excluding hydrogens is 510 g/mol. The summed E-state index contributed by atoms with van der Waals surface area (Å²) in [6, 6.07) is 30.6. The Kier molecular flexibility index (Phi) is 5.78. The molecule has 4 nitrogen and oxygen atoms in total. The number of hydrogen-bond donors (Lipinski definition) is 2. The lowest BCUT2D eigenvalue weighted by atomic mass is 9.95. The highest BCUT2D eigenvalue weighted by Gasteiger charge is 2.20. The molecule has 0 aliphatic carbocycles. The second-order valence-corrected chi connectivity index (χ2v) is 10.0. The van der Waals surface area contributed by atoms with Crippen molar-refractivity contribution in [2.75, 3.05) is 5.32 Å². The molecule has 1 aromatic heterocycles. The topological polar surface area (TPSA) is 61.4 Å². The zero-order valence-electron chi connectivity index (χ0n) is 19.8. The van der Waals surface area contributed by atoms with Gasteiger partial charge >= 0.3 is 0 Å². The van der Waals surface area contributed by atoms with E-state index in [1.54, 1.807) is 0 Å². The summed E-state index contributed by atoms with van der Waals surface area (Å²) in [5.74, 6) is 0.846. The average Bonchev–Trinajstić information content (AvgIpc) is 3.28. The lowest BCUT2D eigenvalue weighted by Gasteiger charge is -2.21. The van der Waals surface area contributed by atoms with Gasteiger partial charge in [-0.2, -0.15) is 0 Å². The van der Waals surface area contributed by atoms with E-state index in [1.807, 2.05) is 54.6 Å². The molecule has 4 aromatic carbocycles. The zero-order valence-corrected chi connectivity index (χ0v) is 21.3. The summed E-state index contributed by atoms with van der Waals surface area (Å²) in [7, 11) is 0. The maximum absolute atomic E-state index is 8.65. The van der Waals surface area contributed by atoms with Gasteiger partial charge in [-0.3, -0.25) is 0 Å². The van der Waals surface area contributed by atoms with Crippen molar-refractivity contribution in [3.05, 3.63) is 124 Å². The number of aliphatic imine (C=N–C) groups is 1. The molecule has 1 aliphatic heterocycles. The quantitative estimate of drug-likeness (QED) is 0.222. The van der Waals surface area contributed by atoms with Crippen LogP contribution < -0.4 is 5.32 Å². The third-order valence-electron chi connectivity index (χ3n) is 6.62. The van der Waals surface area contributed by atoms with Crippen LogP contribution >= 0.6 is 15.9 Å². The first kappa shape index (κ1) is 22.5. The van der Waals surface area contributed by atoms with Crippen LogP contribution in [0.3, 0.4) is 0 Å². The predicted molar refractivity (Wildman–Crippen MR) is 152 cm³/mol. The molecule has 0 amide bonds. The van der Waals surface area contributed by atoms with Crippen molar-refractivity contribution in [1.82, 2.24) is 0 Å². The summed E-state index contributed by atoms with van der Waals surface area (Å²) < 4.78 is 7.13. The second-order valence-electron chi connectivity index (χ2n) is 9.09. The van der Waals surface area contributed by atoms with E-state index in [9.17, 15) is 0 Å². The number of halogens is 1. The highest BCUT2D eigenvalue weighted by molar-refractivity contribution is 9.10. The normalized spacial score (nSPS) is 14.9. The molecule has 0 spiro atoms. The molecule has 5 heteroatoms. The van der Waals surface area contributed by atoms with E-state index in [0.717, 1.165) is 60.3 Å². The highest BCUT2D eigenvalue weighted by atomic mass is 79.9. The number of nitrogens with one attached hydrogen (secondary N) is 2. The van der Waals surface area contributed by atoms with Crippen LogP contribution in [0.5, 0.6) is 0 Å². The highest BCUT2D eigenvalue weighted by Crippen LogP contribution is 2.32. The molecule has 1 unspecified atom stereocenters. The van der Waals surface area contributed by atoms with Gasteiger partial charge in [0.25, 0.3) is 0 Å². The number of allylic oxidation sites excluding steroid dienone is 1. The Bertz CT molecular complexity index is 1700. The van der Waals surface area contributed by atoms with Crippen LogP contribution in [0, 0.1) is 11.3 Å². The van der Waals surface area contributed by atoms with Gasteiger partial charge in [0.15, 0.2) is 0 Å². The Morgan fingerprint density at radius 2 is 1.75 bits per heavy atom. The van der Waals surface area contributed by atoms with Crippen LogP contribution in [0.1, 0.15) is 30.0 Å². The molecule has 5 aromatic rings. The van der Waals surface area contributed by atoms with E-state index in [0.29, 0.717) is 12.1 Å². The summed E-state index contributed by atoms with van der Waals surface area (Å²) in [5, 5.41) is 14.3. The molecule has 36 heavy (non-hydrogen) atoms. The largest absolute Gasteiger partial charge is 0.456 e. The summed E-state index contributed by atoms with van der Waals surface area (Å²) in [6.07, 6.45) is 2.79. The Morgan fingerprint density at radius 3 is 2.64 bits per heavy atom. The average molecular weight is 534 g/mol. The Morgan fingerprint density at radius 1 is 0.944 bits per heavy atom. The van der Waals surface area contributed by atoms with Gasteiger partial charge in [-0.05, 0) is 54.5 Å². The number of anilines is 1. The van der Waals surface area contributed by atoms with E-state index < -0.39 is 0 Å². The zero-order chi connectivity index (χ0) is 24.6. The molecular formula is C31H24BrN3O. The van der Waals surface area contributed by atoms with Crippen LogP contribution in [0.15, 0.2) is 117 Å². The maximum atomic E-state index is 8.65. The SMILES string of the molecule is CC(C/C=C1\N=C(c2ccc3c(c2)oc2ccccc23)c2ccccc2N1)C(=N)c1cccc(Br)c1. The molecule has 0 saturated heterocycles. The molecule has 2 N–H and O–H groups in total. The monoisotopic (exact) mass is 533 g/mol. The van der Waals surface area contributed by atoms with E-state index >= 15 is 0 Å². The Balaban J connectivity index is 1.35. The standard InChI is InChI=1S/C31H24BrN3O/c1-19(30(33)20-7-6-8-22(32)17-20)13-16-29-34-26-11-4-2-10-25(26)31(35-29)21-14-15-24-23-9-3-5-12-27(23)36-28(24)18-21/h2-12,14-19,33-34H,13H2,1H3/b29-16-,33-30?. The van der Waals surface area contributed by atoms with Gasteiger partial charge in [0.2, 0.25) is 0 Å². The van der Waals surface area contributed by atoms with Crippen LogP contribution in [-0.4, -0.2) is 11.4 Å². The first-order valence-corrected chi connectivity index (χ1v) is 12.8. The number of hydrogen-bond acceptors (Lipinski definition) is 4.